The first kappa shape index (κ1) is 14.8. The zero-order valence-corrected chi connectivity index (χ0v) is 12.3. The summed E-state index contributed by atoms with van der Waals surface area (Å²) in [5.41, 5.74) is 1.16. The predicted octanol–water partition coefficient (Wildman–Crippen LogP) is 2.88. The van der Waals surface area contributed by atoms with E-state index in [9.17, 15) is 0 Å². The second-order valence-corrected chi connectivity index (χ2v) is 5.15. The van der Waals surface area contributed by atoms with Gasteiger partial charge in [0.05, 0.1) is 13.2 Å². The van der Waals surface area contributed by atoms with Crippen LogP contribution in [0.3, 0.4) is 0 Å². The molecule has 0 radical (unpaired) electrons. The molecule has 4 heteroatoms. The van der Waals surface area contributed by atoms with Crippen LogP contribution in [0.15, 0.2) is 24.3 Å². The van der Waals surface area contributed by atoms with Gasteiger partial charge in [-0.05, 0) is 42.8 Å². The lowest BCUT2D eigenvalue weighted by Crippen LogP contribution is -2.38. The van der Waals surface area contributed by atoms with Crippen molar-refractivity contribution in [3.8, 4) is 5.75 Å². The van der Waals surface area contributed by atoms with Crippen molar-refractivity contribution in [3.05, 3.63) is 29.8 Å². The summed E-state index contributed by atoms with van der Waals surface area (Å²) in [7, 11) is 1.67. The third-order valence-electron chi connectivity index (χ3n) is 2.61. The van der Waals surface area contributed by atoms with E-state index in [1.807, 2.05) is 18.2 Å². The lowest BCUT2D eigenvalue weighted by atomic mass is 10.1. The van der Waals surface area contributed by atoms with Gasteiger partial charge in [-0.25, -0.2) is 0 Å². The predicted molar refractivity (Wildman–Crippen MR) is 80.0 cm³/mol. The molecule has 0 bridgehead atoms. The standard InChI is InChI=1S/C14H22N2OS/c1-10(2)9-15-14(18)16-11(3)12-6-5-7-13(8-12)17-4/h5-8,10-11H,9H2,1-4H3,(H2,15,16,18). The van der Waals surface area contributed by atoms with Crippen LogP contribution in [0, 0.1) is 5.92 Å². The van der Waals surface area contributed by atoms with Crippen LogP contribution in [0.1, 0.15) is 32.4 Å². The molecule has 2 N–H and O–H groups in total. The largest absolute Gasteiger partial charge is 0.497 e. The van der Waals surface area contributed by atoms with Crippen LogP contribution in [-0.4, -0.2) is 18.8 Å². The van der Waals surface area contributed by atoms with E-state index in [0.717, 1.165) is 17.9 Å². The molecule has 1 rings (SSSR count). The first-order valence-electron chi connectivity index (χ1n) is 6.21. The number of ether oxygens (including phenoxy) is 1. The van der Waals surface area contributed by atoms with E-state index >= 15 is 0 Å². The van der Waals surface area contributed by atoms with E-state index in [1.54, 1.807) is 7.11 Å². The van der Waals surface area contributed by atoms with Gasteiger partial charge in [-0.1, -0.05) is 26.0 Å². The van der Waals surface area contributed by atoms with Crippen molar-refractivity contribution in [2.24, 2.45) is 5.92 Å². The van der Waals surface area contributed by atoms with E-state index in [4.69, 9.17) is 17.0 Å². The molecule has 0 aromatic heterocycles. The minimum Gasteiger partial charge on any atom is -0.497 e. The summed E-state index contributed by atoms with van der Waals surface area (Å²) in [5.74, 6) is 1.44. The smallest absolute Gasteiger partial charge is 0.166 e. The van der Waals surface area contributed by atoms with Gasteiger partial charge in [0.15, 0.2) is 5.11 Å². The monoisotopic (exact) mass is 266 g/mol. The van der Waals surface area contributed by atoms with Crippen molar-refractivity contribution in [1.29, 1.82) is 0 Å². The molecule has 1 atom stereocenters. The first-order chi connectivity index (χ1) is 8.52. The topological polar surface area (TPSA) is 33.3 Å². The molecule has 1 aromatic rings. The summed E-state index contributed by atoms with van der Waals surface area (Å²) in [6.45, 7) is 7.27. The fraction of sp³-hybridized carbons (Fsp3) is 0.500. The van der Waals surface area contributed by atoms with Gasteiger partial charge in [0, 0.05) is 6.54 Å². The number of benzene rings is 1. The Morgan fingerprint density at radius 1 is 1.33 bits per heavy atom. The van der Waals surface area contributed by atoms with Gasteiger partial charge in [-0.15, -0.1) is 0 Å². The summed E-state index contributed by atoms with van der Waals surface area (Å²) in [4.78, 5) is 0. The molecule has 100 valence electrons. The van der Waals surface area contributed by atoms with Crippen molar-refractivity contribution in [3.63, 3.8) is 0 Å². The van der Waals surface area contributed by atoms with Gasteiger partial charge in [0.25, 0.3) is 0 Å². The van der Waals surface area contributed by atoms with Crippen molar-refractivity contribution in [2.45, 2.75) is 26.8 Å². The van der Waals surface area contributed by atoms with E-state index in [2.05, 4.69) is 37.5 Å². The molecule has 0 saturated heterocycles. The Balaban J connectivity index is 2.53. The van der Waals surface area contributed by atoms with E-state index in [-0.39, 0.29) is 6.04 Å². The highest BCUT2D eigenvalue weighted by Crippen LogP contribution is 2.18. The first-order valence-corrected chi connectivity index (χ1v) is 6.62. The molecule has 0 aliphatic heterocycles. The summed E-state index contributed by atoms with van der Waals surface area (Å²) in [6, 6.07) is 8.16. The summed E-state index contributed by atoms with van der Waals surface area (Å²) >= 11 is 5.26. The third-order valence-corrected chi connectivity index (χ3v) is 2.87. The third kappa shape index (κ3) is 4.92. The van der Waals surface area contributed by atoms with Crippen LogP contribution in [0.4, 0.5) is 0 Å². The van der Waals surface area contributed by atoms with Gasteiger partial charge < -0.3 is 15.4 Å². The Kier molecular flexibility index (Phi) is 5.92. The van der Waals surface area contributed by atoms with E-state index < -0.39 is 0 Å². The van der Waals surface area contributed by atoms with Crippen LogP contribution in [0.5, 0.6) is 5.75 Å². The normalized spacial score (nSPS) is 12.1. The molecule has 0 saturated carbocycles. The highest BCUT2D eigenvalue weighted by Gasteiger charge is 2.07. The highest BCUT2D eigenvalue weighted by atomic mass is 32.1. The number of methoxy groups -OCH3 is 1. The van der Waals surface area contributed by atoms with Gasteiger partial charge in [0.1, 0.15) is 5.75 Å². The molecule has 1 unspecified atom stereocenters. The maximum atomic E-state index is 5.26. The maximum absolute atomic E-state index is 5.26. The van der Waals surface area contributed by atoms with E-state index in [1.165, 1.54) is 0 Å². The second-order valence-electron chi connectivity index (χ2n) is 4.75. The minimum atomic E-state index is 0.160. The fourth-order valence-electron chi connectivity index (χ4n) is 1.54. The average Bonchev–Trinajstić information content (AvgIpc) is 2.36. The quantitative estimate of drug-likeness (QED) is 0.803. The Labute approximate surface area is 115 Å². The van der Waals surface area contributed by atoms with Gasteiger partial charge in [-0.2, -0.15) is 0 Å². The van der Waals surface area contributed by atoms with Crippen LogP contribution in [0.2, 0.25) is 0 Å². The molecule has 0 aliphatic carbocycles. The fourth-order valence-corrected chi connectivity index (χ4v) is 1.80. The highest BCUT2D eigenvalue weighted by molar-refractivity contribution is 7.80. The molecule has 0 heterocycles. The number of thiocarbonyl (C=S) groups is 1. The van der Waals surface area contributed by atoms with Crippen molar-refractivity contribution in [2.75, 3.05) is 13.7 Å². The molecular formula is C14H22N2OS. The molecule has 0 fully saturated rings. The number of hydrogen-bond donors (Lipinski definition) is 2. The van der Waals surface area contributed by atoms with E-state index in [0.29, 0.717) is 11.0 Å². The lowest BCUT2D eigenvalue weighted by Gasteiger charge is -2.18. The van der Waals surface area contributed by atoms with Crippen LogP contribution in [-0.2, 0) is 0 Å². The molecule has 3 nitrogen and oxygen atoms in total. The zero-order valence-electron chi connectivity index (χ0n) is 11.5. The van der Waals surface area contributed by atoms with Crippen molar-refractivity contribution >= 4 is 17.3 Å². The van der Waals surface area contributed by atoms with Gasteiger partial charge in [0.2, 0.25) is 0 Å². The number of nitrogens with one attached hydrogen (secondary N) is 2. The average molecular weight is 266 g/mol. The second kappa shape index (κ2) is 7.21. The number of rotatable bonds is 5. The van der Waals surface area contributed by atoms with Crippen molar-refractivity contribution < 1.29 is 4.74 Å². The molecule has 18 heavy (non-hydrogen) atoms. The van der Waals surface area contributed by atoms with Crippen LogP contribution >= 0.6 is 12.2 Å². The van der Waals surface area contributed by atoms with Crippen LogP contribution < -0.4 is 15.4 Å². The SMILES string of the molecule is COc1cccc(C(C)NC(=S)NCC(C)C)c1. The summed E-state index contributed by atoms with van der Waals surface area (Å²) in [6.07, 6.45) is 0. The molecular weight excluding hydrogens is 244 g/mol. The summed E-state index contributed by atoms with van der Waals surface area (Å²) < 4.78 is 5.21. The Morgan fingerprint density at radius 3 is 2.67 bits per heavy atom. The zero-order chi connectivity index (χ0) is 13.5. The van der Waals surface area contributed by atoms with Gasteiger partial charge >= 0.3 is 0 Å². The van der Waals surface area contributed by atoms with Crippen molar-refractivity contribution in [1.82, 2.24) is 10.6 Å². The Hall–Kier alpha value is -1.29. The number of hydrogen-bond acceptors (Lipinski definition) is 2. The molecule has 0 amide bonds. The lowest BCUT2D eigenvalue weighted by molar-refractivity contribution is 0.413. The Bertz CT molecular complexity index is 393. The molecule has 0 aliphatic rings. The summed E-state index contributed by atoms with van der Waals surface area (Å²) in [5, 5.41) is 7.16. The molecule has 0 spiro atoms. The minimum absolute atomic E-state index is 0.160. The Morgan fingerprint density at radius 2 is 2.06 bits per heavy atom. The van der Waals surface area contributed by atoms with Crippen LogP contribution in [0.25, 0.3) is 0 Å². The van der Waals surface area contributed by atoms with Gasteiger partial charge in [-0.3, -0.25) is 0 Å². The maximum Gasteiger partial charge on any atom is 0.166 e. The molecule has 1 aromatic carbocycles.